The Hall–Kier alpha value is 0.460. The third-order valence-electron chi connectivity index (χ3n) is 9.18. The molecule has 4 heterocycles. The van der Waals surface area contributed by atoms with E-state index in [4.69, 9.17) is 18.9 Å². The molecule has 0 amide bonds. The Kier molecular flexibility index (Phi) is 7.31. The van der Waals surface area contributed by atoms with Gasteiger partial charge >= 0.3 is 0 Å². The van der Waals surface area contributed by atoms with Gasteiger partial charge in [-0.2, -0.15) is 0 Å². The molecule has 0 saturated carbocycles. The SMILES string of the molecule is CC1(C)C(OCC2CO2)CCN(SSN2CCC(OCC3CO3)C(C)(C)C2(C)C)C1(C)C. The summed E-state index contributed by atoms with van der Waals surface area (Å²) in [5, 5.41) is 0. The van der Waals surface area contributed by atoms with E-state index in [1.807, 2.05) is 22.0 Å². The van der Waals surface area contributed by atoms with Gasteiger partial charge in [0, 0.05) is 57.0 Å². The van der Waals surface area contributed by atoms with E-state index in [0.29, 0.717) is 12.2 Å². The second kappa shape index (κ2) is 9.16. The minimum absolute atomic E-state index is 0.0172. The highest BCUT2D eigenvalue weighted by molar-refractivity contribution is 8.74. The fraction of sp³-hybridized carbons (Fsp3) is 1.00. The van der Waals surface area contributed by atoms with Crippen LogP contribution in [0.5, 0.6) is 0 Å². The van der Waals surface area contributed by atoms with Crippen LogP contribution in [0.1, 0.15) is 68.2 Å². The topological polar surface area (TPSA) is 50.0 Å². The summed E-state index contributed by atoms with van der Waals surface area (Å²) in [6.07, 6.45) is 3.30. The predicted octanol–water partition coefficient (Wildman–Crippen LogP) is 4.79. The van der Waals surface area contributed by atoms with Crippen molar-refractivity contribution in [1.29, 1.82) is 0 Å². The van der Waals surface area contributed by atoms with E-state index in [9.17, 15) is 0 Å². The number of ether oxygens (including phenoxy) is 4. The Morgan fingerprint density at radius 2 is 1.03 bits per heavy atom. The second-order valence-electron chi connectivity index (χ2n) is 12.0. The lowest BCUT2D eigenvalue weighted by molar-refractivity contribution is -0.116. The lowest BCUT2D eigenvalue weighted by atomic mass is 9.67. The van der Waals surface area contributed by atoms with Crippen LogP contribution < -0.4 is 0 Å². The molecule has 0 bridgehead atoms. The molecule has 4 fully saturated rings. The van der Waals surface area contributed by atoms with Crippen molar-refractivity contribution >= 4 is 22.0 Å². The quantitative estimate of drug-likeness (QED) is 0.261. The molecule has 0 aromatic carbocycles. The smallest absolute Gasteiger partial charge is 0.104 e. The normalized spacial score (nSPS) is 37.9. The van der Waals surface area contributed by atoms with E-state index >= 15 is 0 Å². The maximum atomic E-state index is 6.32. The summed E-state index contributed by atoms with van der Waals surface area (Å²) >= 11 is 0. The summed E-state index contributed by atoms with van der Waals surface area (Å²) in [6, 6.07) is 0. The standard InChI is InChI=1S/C24H44N2O4S2/c1-21(2)19(29-15-17-13-27-17)9-11-25(23(21,5)6)31-32-26-12-10-20(30-16-18-14-28-18)22(3,4)24(26,7)8/h17-20H,9-16H2,1-8H3. The Bertz CT molecular complexity index is 608. The molecule has 0 aliphatic carbocycles. The summed E-state index contributed by atoms with van der Waals surface area (Å²) in [5.74, 6) is 0. The van der Waals surface area contributed by atoms with Gasteiger partial charge in [0.25, 0.3) is 0 Å². The molecule has 6 nitrogen and oxygen atoms in total. The van der Waals surface area contributed by atoms with Gasteiger partial charge in [-0.3, -0.25) is 0 Å². The molecule has 0 N–H and O–H groups in total. The van der Waals surface area contributed by atoms with Crippen molar-refractivity contribution in [1.82, 2.24) is 8.61 Å². The minimum Gasteiger partial charge on any atom is -0.375 e. The molecule has 4 unspecified atom stereocenters. The van der Waals surface area contributed by atoms with Crippen LogP contribution in [0.15, 0.2) is 0 Å². The summed E-state index contributed by atoms with van der Waals surface area (Å²) in [4.78, 5) is 0. The number of epoxide rings is 2. The predicted molar refractivity (Wildman–Crippen MR) is 133 cm³/mol. The van der Waals surface area contributed by atoms with Crippen LogP contribution in [0.25, 0.3) is 0 Å². The highest BCUT2D eigenvalue weighted by Crippen LogP contribution is 2.54. The summed E-state index contributed by atoms with van der Waals surface area (Å²) in [6.45, 7) is 24.2. The zero-order valence-electron chi connectivity index (χ0n) is 21.3. The van der Waals surface area contributed by atoms with Crippen molar-refractivity contribution < 1.29 is 18.9 Å². The van der Waals surface area contributed by atoms with Crippen LogP contribution in [0.2, 0.25) is 0 Å². The minimum atomic E-state index is 0.0172. The van der Waals surface area contributed by atoms with Gasteiger partial charge in [-0.1, -0.05) is 27.7 Å². The molecular weight excluding hydrogens is 444 g/mol. The van der Waals surface area contributed by atoms with Crippen molar-refractivity contribution in [3.8, 4) is 0 Å². The number of nitrogens with zero attached hydrogens (tertiary/aromatic N) is 2. The molecule has 32 heavy (non-hydrogen) atoms. The van der Waals surface area contributed by atoms with Gasteiger partial charge in [0.1, 0.15) is 12.2 Å². The van der Waals surface area contributed by atoms with Gasteiger partial charge < -0.3 is 18.9 Å². The summed E-state index contributed by atoms with van der Waals surface area (Å²) in [7, 11) is 3.84. The highest BCUT2D eigenvalue weighted by Gasteiger charge is 2.54. The van der Waals surface area contributed by atoms with Crippen LogP contribution in [-0.2, 0) is 18.9 Å². The van der Waals surface area contributed by atoms with Crippen LogP contribution in [0, 0.1) is 10.8 Å². The molecule has 4 atom stereocenters. The number of rotatable bonds is 9. The van der Waals surface area contributed by atoms with Crippen molar-refractivity contribution in [3.63, 3.8) is 0 Å². The van der Waals surface area contributed by atoms with E-state index in [1.165, 1.54) is 0 Å². The van der Waals surface area contributed by atoms with Gasteiger partial charge in [-0.15, -0.1) is 0 Å². The first-order valence-corrected chi connectivity index (χ1v) is 14.3. The monoisotopic (exact) mass is 488 g/mol. The Labute approximate surface area is 203 Å². The Morgan fingerprint density at radius 1 is 0.688 bits per heavy atom. The molecule has 186 valence electrons. The molecule has 0 radical (unpaired) electrons. The van der Waals surface area contributed by atoms with E-state index in [-0.39, 0.29) is 34.1 Å². The van der Waals surface area contributed by atoms with Crippen LogP contribution in [-0.4, -0.2) is 83.6 Å². The fourth-order valence-corrected chi connectivity index (χ4v) is 8.29. The van der Waals surface area contributed by atoms with Gasteiger partial charge in [-0.25, -0.2) is 8.61 Å². The largest absolute Gasteiger partial charge is 0.375 e. The third kappa shape index (κ3) is 4.90. The summed E-state index contributed by atoms with van der Waals surface area (Å²) < 4.78 is 28.5. The van der Waals surface area contributed by atoms with Gasteiger partial charge in [0.2, 0.25) is 0 Å². The fourth-order valence-electron chi connectivity index (χ4n) is 4.88. The first-order valence-electron chi connectivity index (χ1n) is 12.2. The van der Waals surface area contributed by atoms with E-state index in [1.54, 1.807) is 0 Å². The molecule has 0 aromatic rings. The van der Waals surface area contributed by atoms with Crippen molar-refractivity contribution in [2.45, 2.75) is 104 Å². The molecule has 4 aliphatic heterocycles. The second-order valence-corrected chi connectivity index (χ2v) is 14.1. The molecule has 8 heteroatoms. The van der Waals surface area contributed by atoms with E-state index in [0.717, 1.165) is 52.4 Å². The first kappa shape index (κ1) is 25.5. The average Bonchev–Trinajstić information content (AvgIpc) is 3.59. The molecule has 0 aromatic heterocycles. The molecule has 4 saturated heterocycles. The Balaban J connectivity index is 1.35. The van der Waals surface area contributed by atoms with Gasteiger partial charge in [0.05, 0.1) is 38.6 Å². The van der Waals surface area contributed by atoms with Gasteiger partial charge in [-0.05, 0) is 40.5 Å². The third-order valence-corrected chi connectivity index (χ3v) is 12.2. The van der Waals surface area contributed by atoms with Crippen molar-refractivity contribution in [3.05, 3.63) is 0 Å². The Morgan fingerprint density at radius 3 is 1.34 bits per heavy atom. The lowest BCUT2D eigenvalue weighted by Gasteiger charge is -2.58. The van der Waals surface area contributed by atoms with E-state index in [2.05, 4.69) is 64.0 Å². The zero-order chi connectivity index (χ0) is 23.4. The lowest BCUT2D eigenvalue weighted by Crippen LogP contribution is -2.62. The van der Waals surface area contributed by atoms with Crippen LogP contribution in [0.4, 0.5) is 0 Å². The maximum absolute atomic E-state index is 6.32. The first-order chi connectivity index (χ1) is 14.9. The number of piperidine rings is 2. The van der Waals surface area contributed by atoms with Crippen LogP contribution >= 0.6 is 22.0 Å². The highest BCUT2D eigenvalue weighted by atomic mass is 33.1. The van der Waals surface area contributed by atoms with Gasteiger partial charge in [0.15, 0.2) is 0 Å². The molecule has 4 aliphatic rings. The number of hydrogen-bond donors (Lipinski definition) is 0. The van der Waals surface area contributed by atoms with Crippen LogP contribution in [0.3, 0.4) is 0 Å². The molecule has 4 rings (SSSR count). The molecular formula is C24H44N2O4S2. The van der Waals surface area contributed by atoms with Crippen molar-refractivity contribution in [2.24, 2.45) is 10.8 Å². The summed E-state index contributed by atoms with van der Waals surface area (Å²) in [5.41, 5.74) is 0.134. The maximum Gasteiger partial charge on any atom is 0.104 e. The van der Waals surface area contributed by atoms with Crippen molar-refractivity contribution in [2.75, 3.05) is 39.5 Å². The molecule has 0 spiro atoms. The number of hydrogen-bond acceptors (Lipinski definition) is 8. The zero-order valence-corrected chi connectivity index (χ0v) is 22.9. The van der Waals surface area contributed by atoms with E-state index < -0.39 is 0 Å². The average molecular weight is 489 g/mol.